The van der Waals surface area contributed by atoms with Gasteiger partial charge in [0, 0.05) is 26.7 Å². The summed E-state index contributed by atoms with van der Waals surface area (Å²) >= 11 is 0. The molecular weight excluding hydrogens is 381 g/mol. The molecule has 164 valence electrons. The van der Waals surface area contributed by atoms with E-state index in [1.807, 2.05) is 0 Å². The molecule has 0 bridgehead atoms. The molecule has 1 saturated heterocycles. The van der Waals surface area contributed by atoms with E-state index in [-0.39, 0.29) is 17.9 Å². The van der Waals surface area contributed by atoms with E-state index >= 15 is 0 Å². The van der Waals surface area contributed by atoms with Crippen molar-refractivity contribution in [3.8, 4) is 5.75 Å². The van der Waals surface area contributed by atoms with Crippen LogP contribution in [-0.4, -0.2) is 50.2 Å². The minimum atomic E-state index is -4.46. The first-order chi connectivity index (χ1) is 13.5. The van der Waals surface area contributed by atoms with Crippen LogP contribution >= 0.6 is 0 Å². The lowest BCUT2D eigenvalue weighted by Gasteiger charge is -2.30. The molecule has 0 aliphatic carbocycles. The second kappa shape index (κ2) is 9.69. The minimum absolute atomic E-state index is 0.0227. The van der Waals surface area contributed by atoms with Gasteiger partial charge >= 0.3 is 6.18 Å². The van der Waals surface area contributed by atoms with E-state index in [2.05, 4.69) is 27.6 Å². The van der Waals surface area contributed by atoms with Gasteiger partial charge in [-0.2, -0.15) is 13.2 Å². The Hall–Kier alpha value is -1.96. The summed E-state index contributed by atoms with van der Waals surface area (Å²) in [6.07, 6.45) is -2.16. The van der Waals surface area contributed by atoms with E-state index in [4.69, 9.17) is 4.74 Å². The van der Waals surface area contributed by atoms with Crippen molar-refractivity contribution in [3.05, 3.63) is 29.3 Å². The van der Waals surface area contributed by atoms with Crippen LogP contribution in [0.2, 0.25) is 0 Å². The van der Waals surface area contributed by atoms with Gasteiger partial charge in [-0.25, -0.2) is 0 Å². The van der Waals surface area contributed by atoms with Gasteiger partial charge in [-0.15, -0.1) is 0 Å². The van der Waals surface area contributed by atoms with E-state index in [1.54, 1.807) is 33.9 Å². The Morgan fingerprint density at radius 2 is 1.97 bits per heavy atom. The van der Waals surface area contributed by atoms with Crippen LogP contribution in [0.1, 0.15) is 44.7 Å². The molecule has 1 aromatic rings. The van der Waals surface area contributed by atoms with E-state index in [9.17, 15) is 13.2 Å². The van der Waals surface area contributed by atoms with Gasteiger partial charge in [-0.1, -0.05) is 6.07 Å². The molecule has 8 heteroatoms. The number of ether oxygens (including phenoxy) is 1. The van der Waals surface area contributed by atoms with Gasteiger partial charge in [0.2, 0.25) is 0 Å². The third-order valence-electron chi connectivity index (χ3n) is 4.76. The molecule has 1 fully saturated rings. The molecule has 0 amide bonds. The van der Waals surface area contributed by atoms with E-state index in [1.165, 1.54) is 6.07 Å². The van der Waals surface area contributed by atoms with Gasteiger partial charge < -0.3 is 20.3 Å². The average molecular weight is 415 g/mol. The number of hydrogen-bond acceptors (Lipinski definition) is 3. The van der Waals surface area contributed by atoms with Crippen molar-refractivity contribution in [2.45, 2.75) is 51.9 Å². The van der Waals surface area contributed by atoms with Crippen LogP contribution in [-0.2, 0) is 12.7 Å². The normalized spacial score (nSPS) is 19.2. The maximum atomic E-state index is 13.6. The minimum Gasteiger partial charge on any atom is -0.488 e. The summed E-state index contributed by atoms with van der Waals surface area (Å²) in [6.45, 7) is 8.29. The smallest absolute Gasteiger partial charge is 0.416 e. The van der Waals surface area contributed by atoms with Crippen LogP contribution in [0.15, 0.2) is 23.2 Å². The summed E-state index contributed by atoms with van der Waals surface area (Å²) in [7, 11) is 3.72. The summed E-state index contributed by atoms with van der Waals surface area (Å²) in [5.41, 5.74) is -1.11. The molecule has 1 aromatic carbocycles. The van der Waals surface area contributed by atoms with Crippen LogP contribution in [0, 0.1) is 5.92 Å². The lowest BCUT2D eigenvalue weighted by atomic mass is 9.99. The first-order valence-corrected chi connectivity index (χ1v) is 10.00. The number of rotatable bonds is 5. The summed E-state index contributed by atoms with van der Waals surface area (Å²) in [6, 6.07) is 4.10. The number of nitrogens with zero attached hydrogens (tertiary/aromatic N) is 2. The average Bonchev–Trinajstić information content (AvgIpc) is 2.60. The lowest BCUT2D eigenvalue weighted by Crippen LogP contribution is -2.43. The Kier molecular flexibility index (Phi) is 7.80. The quantitative estimate of drug-likeness (QED) is 0.567. The Balaban J connectivity index is 2.01. The van der Waals surface area contributed by atoms with Gasteiger partial charge in [-0.05, 0) is 70.8 Å². The van der Waals surface area contributed by atoms with Gasteiger partial charge in [0.1, 0.15) is 11.4 Å². The molecule has 1 aliphatic heterocycles. The number of nitrogens with one attached hydrogen (secondary N) is 2. The largest absolute Gasteiger partial charge is 0.488 e. The maximum absolute atomic E-state index is 13.6. The van der Waals surface area contributed by atoms with Crippen molar-refractivity contribution < 1.29 is 17.9 Å². The molecule has 1 aliphatic rings. The monoisotopic (exact) mass is 414 g/mol. The predicted molar refractivity (Wildman–Crippen MR) is 110 cm³/mol. The van der Waals surface area contributed by atoms with E-state index in [0.29, 0.717) is 11.9 Å². The molecule has 0 aromatic heterocycles. The molecule has 29 heavy (non-hydrogen) atoms. The zero-order valence-electron chi connectivity index (χ0n) is 18.0. The van der Waals surface area contributed by atoms with Crippen molar-refractivity contribution in [3.63, 3.8) is 0 Å². The number of piperidine rings is 1. The Bertz CT molecular complexity index is 698. The molecule has 0 saturated carbocycles. The molecule has 5 nitrogen and oxygen atoms in total. The van der Waals surface area contributed by atoms with Gasteiger partial charge in [0.15, 0.2) is 5.96 Å². The first-order valence-electron chi connectivity index (χ1n) is 10.00. The number of likely N-dealkylation sites (tertiary alicyclic amines) is 1. The highest BCUT2D eigenvalue weighted by Gasteiger charge is 2.34. The zero-order valence-corrected chi connectivity index (χ0v) is 18.0. The number of guanidine groups is 1. The van der Waals surface area contributed by atoms with Crippen molar-refractivity contribution in [2.75, 3.05) is 33.7 Å². The first kappa shape index (κ1) is 23.3. The third kappa shape index (κ3) is 7.76. The number of hydrogen-bond donors (Lipinski definition) is 2. The van der Waals surface area contributed by atoms with Crippen molar-refractivity contribution >= 4 is 5.96 Å². The zero-order chi connectivity index (χ0) is 21.7. The fourth-order valence-corrected chi connectivity index (χ4v) is 3.47. The van der Waals surface area contributed by atoms with Gasteiger partial charge in [0.05, 0.1) is 5.56 Å². The van der Waals surface area contributed by atoms with Gasteiger partial charge in [-0.3, -0.25) is 4.99 Å². The van der Waals surface area contributed by atoms with Gasteiger partial charge in [0.25, 0.3) is 0 Å². The molecule has 1 atom stereocenters. The molecule has 0 radical (unpaired) electrons. The molecule has 2 N–H and O–H groups in total. The second-order valence-corrected chi connectivity index (χ2v) is 8.61. The molecule has 1 heterocycles. The molecular formula is C21H33F3N4O. The highest BCUT2D eigenvalue weighted by molar-refractivity contribution is 5.79. The van der Waals surface area contributed by atoms with Crippen LogP contribution in [0.5, 0.6) is 5.75 Å². The second-order valence-electron chi connectivity index (χ2n) is 8.61. The number of alkyl halides is 3. The van der Waals surface area contributed by atoms with E-state index in [0.717, 1.165) is 38.5 Å². The maximum Gasteiger partial charge on any atom is 0.416 e. The highest BCUT2D eigenvalue weighted by atomic mass is 19.4. The Morgan fingerprint density at radius 1 is 1.24 bits per heavy atom. The summed E-state index contributed by atoms with van der Waals surface area (Å²) in [4.78, 5) is 6.43. The standard InChI is InChI=1S/C21H33F3N4O/c1-20(2,3)29-17-9-8-16(18(11-17)21(22,23)24)13-27-19(25-4)26-12-15-7-6-10-28(5)14-15/h8-9,11,15H,6-7,10,12-14H2,1-5H3,(H2,25,26,27). The highest BCUT2D eigenvalue weighted by Crippen LogP contribution is 2.35. The van der Waals surface area contributed by atoms with E-state index < -0.39 is 17.3 Å². The summed E-state index contributed by atoms with van der Waals surface area (Å²) in [5.74, 6) is 1.21. The SMILES string of the molecule is CN=C(NCc1ccc(OC(C)(C)C)cc1C(F)(F)F)NCC1CCCN(C)C1. The number of aliphatic imine (C=N–C) groups is 1. The Morgan fingerprint density at radius 3 is 2.55 bits per heavy atom. The third-order valence-corrected chi connectivity index (χ3v) is 4.76. The fraction of sp³-hybridized carbons (Fsp3) is 0.667. The van der Waals surface area contributed by atoms with Crippen LogP contribution in [0.25, 0.3) is 0 Å². The number of halogens is 3. The summed E-state index contributed by atoms with van der Waals surface area (Å²) < 4.78 is 46.3. The molecule has 1 unspecified atom stereocenters. The molecule has 0 spiro atoms. The van der Waals surface area contributed by atoms with Crippen molar-refractivity contribution in [2.24, 2.45) is 10.9 Å². The van der Waals surface area contributed by atoms with Crippen LogP contribution < -0.4 is 15.4 Å². The van der Waals surface area contributed by atoms with Crippen molar-refractivity contribution in [1.29, 1.82) is 0 Å². The predicted octanol–water partition coefficient (Wildman–Crippen LogP) is 3.89. The van der Waals surface area contributed by atoms with Crippen molar-refractivity contribution in [1.82, 2.24) is 15.5 Å². The Labute approximate surface area is 171 Å². The number of benzene rings is 1. The molecule has 2 rings (SSSR count). The summed E-state index contributed by atoms with van der Waals surface area (Å²) in [5, 5.41) is 6.24. The topological polar surface area (TPSA) is 48.9 Å². The lowest BCUT2D eigenvalue weighted by molar-refractivity contribution is -0.138. The van der Waals surface area contributed by atoms with Crippen LogP contribution in [0.4, 0.5) is 13.2 Å². The fourth-order valence-electron chi connectivity index (χ4n) is 3.47. The van der Waals surface area contributed by atoms with Crippen LogP contribution in [0.3, 0.4) is 0 Å².